The van der Waals surface area contributed by atoms with E-state index < -0.39 is 47.3 Å². The summed E-state index contributed by atoms with van der Waals surface area (Å²) >= 11 is 0. The fraction of sp³-hybridized carbons (Fsp3) is 0.842. The van der Waals surface area contributed by atoms with Crippen LogP contribution in [0.4, 0.5) is 0 Å². The molecule has 27 heavy (non-hydrogen) atoms. The molecule has 2 atom stereocenters. The van der Waals surface area contributed by atoms with E-state index in [-0.39, 0.29) is 25.7 Å². The predicted molar refractivity (Wildman–Crippen MR) is 99.5 cm³/mol. The number of hydrogen-bond donors (Lipinski definition) is 3. The van der Waals surface area contributed by atoms with Gasteiger partial charge in [0, 0.05) is 18.8 Å². The van der Waals surface area contributed by atoms with E-state index in [1.54, 1.807) is 48.5 Å². The molecule has 0 spiro atoms. The normalized spacial score (nSPS) is 14.4. The SMILES string of the molecule is C[C@@H](CCC(=O)OC(C)(C)C)C(=O)N[C@@H](CCC(=O)OC(C)(C)C)C(O)O. The molecule has 0 heterocycles. The van der Waals surface area contributed by atoms with Crippen LogP contribution in [0.15, 0.2) is 0 Å². The van der Waals surface area contributed by atoms with Crippen molar-refractivity contribution in [2.24, 2.45) is 5.92 Å². The first-order valence-corrected chi connectivity index (χ1v) is 9.21. The zero-order valence-corrected chi connectivity index (χ0v) is 17.5. The minimum absolute atomic E-state index is 0.0249. The van der Waals surface area contributed by atoms with Crippen LogP contribution < -0.4 is 5.32 Å². The highest BCUT2D eigenvalue weighted by Crippen LogP contribution is 2.14. The minimum Gasteiger partial charge on any atom is -0.460 e. The van der Waals surface area contributed by atoms with Crippen LogP contribution >= 0.6 is 0 Å². The average Bonchev–Trinajstić information content (AvgIpc) is 2.44. The van der Waals surface area contributed by atoms with Gasteiger partial charge in [-0.25, -0.2) is 0 Å². The highest BCUT2D eigenvalue weighted by atomic mass is 16.6. The van der Waals surface area contributed by atoms with Crippen LogP contribution in [0.5, 0.6) is 0 Å². The third-order valence-electron chi connectivity index (χ3n) is 3.42. The lowest BCUT2D eigenvalue weighted by Crippen LogP contribution is -2.45. The summed E-state index contributed by atoms with van der Waals surface area (Å²) in [5.41, 5.74) is -1.22. The standard InChI is InChI=1S/C19H35NO7/c1-12(8-10-14(21)26-18(2,3)4)16(23)20-13(17(24)25)9-11-15(22)27-19(5,6)7/h12-13,17,24-25H,8-11H2,1-7H3,(H,20,23)/t12-,13-/m0/s1. The summed E-state index contributed by atoms with van der Waals surface area (Å²) in [7, 11) is 0. The van der Waals surface area contributed by atoms with Crippen molar-refractivity contribution in [1.82, 2.24) is 5.32 Å². The lowest BCUT2D eigenvalue weighted by atomic mass is 10.0. The third-order valence-corrected chi connectivity index (χ3v) is 3.42. The Balaban J connectivity index is 4.49. The van der Waals surface area contributed by atoms with Crippen LogP contribution in [0, 0.1) is 5.92 Å². The number of carbonyl (C=O) groups excluding carboxylic acids is 3. The molecule has 0 aliphatic carbocycles. The van der Waals surface area contributed by atoms with Crippen LogP contribution in [0.3, 0.4) is 0 Å². The van der Waals surface area contributed by atoms with Crippen LogP contribution in [-0.4, -0.2) is 51.6 Å². The zero-order valence-electron chi connectivity index (χ0n) is 17.5. The second kappa shape index (κ2) is 10.6. The van der Waals surface area contributed by atoms with Gasteiger partial charge >= 0.3 is 11.9 Å². The summed E-state index contributed by atoms with van der Waals surface area (Å²) in [5.74, 6) is -1.84. The fourth-order valence-corrected chi connectivity index (χ4v) is 2.14. The van der Waals surface area contributed by atoms with Gasteiger partial charge in [-0.05, 0) is 54.4 Å². The van der Waals surface area contributed by atoms with Gasteiger partial charge in [0.2, 0.25) is 5.91 Å². The molecule has 8 nitrogen and oxygen atoms in total. The Morgan fingerprint density at radius 3 is 1.63 bits per heavy atom. The summed E-state index contributed by atoms with van der Waals surface area (Å²) in [6.45, 7) is 12.1. The molecule has 0 bridgehead atoms. The summed E-state index contributed by atoms with van der Waals surface area (Å²) in [6, 6.07) is -1.01. The lowest BCUT2D eigenvalue weighted by Gasteiger charge is -2.24. The maximum atomic E-state index is 12.2. The van der Waals surface area contributed by atoms with Gasteiger partial charge in [-0.1, -0.05) is 6.92 Å². The number of nitrogens with one attached hydrogen (secondary N) is 1. The lowest BCUT2D eigenvalue weighted by molar-refractivity contribution is -0.157. The molecule has 3 N–H and O–H groups in total. The molecule has 0 aliphatic heterocycles. The molecular weight excluding hydrogens is 354 g/mol. The highest BCUT2D eigenvalue weighted by Gasteiger charge is 2.25. The van der Waals surface area contributed by atoms with Crippen molar-refractivity contribution in [2.75, 3.05) is 0 Å². The maximum absolute atomic E-state index is 12.2. The van der Waals surface area contributed by atoms with Crippen molar-refractivity contribution >= 4 is 17.8 Å². The largest absolute Gasteiger partial charge is 0.460 e. The molecule has 8 heteroatoms. The number of carbonyl (C=O) groups is 3. The van der Waals surface area contributed by atoms with E-state index in [1.165, 1.54) is 0 Å². The summed E-state index contributed by atoms with van der Waals surface area (Å²) in [5, 5.41) is 21.4. The summed E-state index contributed by atoms with van der Waals surface area (Å²) in [4.78, 5) is 35.7. The summed E-state index contributed by atoms with van der Waals surface area (Å²) < 4.78 is 10.3. The molecule has 0 radical (unpaired) electrons. The number of ether oxygens (including phenoxy) is 2. The van der Waals surface area contributed by atoms with E-state index in [0.29, 0.717) is 0 Å². The summed E-state index contributed by atoms with van der Waals surface area (Å²) in [6.07, 6.45) is -1.50. The smallest absolute Gasteiger partial charge is 0.306 e. The first-order valence-electron chi connectivity index (χ1n) is 9.21. The van der Waals surface area contributed by atoms with Gasteiger partial charge in [0.15, 0.2) is 6.29 Å². The minimum atomic E-state index is -1.81. The van der Waals surface area contributed by atoms with E-state index in [4.69, 9.17) is 9.47 Å². The Morgan fingerprint density at radius 1 is 0.852 bits per heavy atom. The Labute approximate surface area is 161 Å². The molecule has 0 aromatic rings. The molecule has 0 unspecified atom stereocenters. The molecule has 0 aromatic heterocycles. The predicted octanol–water partition coefficient (Wildman–Crippen LogP) is 1.66. The Morgan fingerprint density at radius 2 is 1.26 bits per heavy atom. The molecule has 0 aromatic carbocycles. The van der Waals surface area contributed by atoms with E-state index in [0.717, 1.165) is 0 Å². The Kier molecular flexibility index (Phi) is 9.95. The van der Waals surface area contributed by atoms with E-state index in [9.17, 15) is 24.6 Å². The van der Waals surface area contributed by atoms with Gasteiger partial charge in [0.05, 0.1) is 6.04 Å². The second-order valence-electron chi connectivity index (χ2n) is 8.68. The Hall–Kier alpha value is -1.67. The Bertz CT molecular complexity index is 503. The second-order valence-corrected chi connectivity index (χ2v) is 8.68. The van der Waals surface area contributed by atoms with Crippen molar-refractivity contribution in [3.63, 3.8) is 0 Å². The molecule has 0 saturated heterocycles. The average molecular weight is 389 g/mol. The van der Waals surface area contributed by atoms with Crippen molar-refractivity contribution in [3.05, 3.63) is 0 Å². The van der Waals surface area contributed by atoms with E-state index in [2.05, 4.69) is 5.32 Å². The van der Waals surface area contributed by atoms with Crippen molar-refractivity contribution < 1.29 is 34.1 Å². The number of amides is 1. The molecule has 0 rings (SSSR count). The number of rotatable bonds is 9. The van der Waals surface area contributed by atoms with E-state index >= 15 is 0 Å². The van der Waals surface area contributed by atoms with Crippen LogP contribution in [-0.2, 0) is 23.9 Å². The quantitative estimate of drug-likeness (QED) is 0.405. The molecule has 0 saturated carbocycles. The van der Waals surface area contributed by atoms with Gasteiger partial charge in [-0.15, -0.1) is 0 Å². The molecule has 1 amide bonds. The topological polar surface area (TPSA) is 122 Å². The number of esters is 2. The first kappa shape index (κ1) is 25.3. The van der Waals surface area contributed by atoms with Crippen LogP contribution in [0.25, 0.3) is 0 Å². The number of hydrogen-bond acceptors (Lipinski definition) is 7. The van der Waals surface area contributed by atoms with Gasteiger partial charge in [0.1, 0.15) is 11.2 Å². The van der Waals surface area contributed by atoms with Crippen molar-refractivity contribution in [3.8, 4) is 0 Å². The van der Waals surface area contributed by atoms with Crippen LogP contribution in [0.1, 0.15) is 74.1 Å². The van der Waals surface area contributed by atoms with Crippen molar-refractivity contribution in [1.29, 1.82) is 0 Å². The zero-order chi connectivity index (χ0) is 21.4. The van der Waals surface area contributed by atoms with E-state index in [1.807, 2.05) is 0 Å². The van der Waals surface area contributed by atoms with Gasteiger partial charge in [0.25, 0.3) is 0 Å². The monoisotopic (exact) mass is 389 g/mol. The van der Waals surface area contributed by atoms with Gasteiger partial charge in [-0.2, -0.15) is 0 Å². The van der Waals surface area contributed by atoms with Crippen LogP contribution in [0.2, 0.25) is 0 Å². The third kappa shape index (κ3) is 13.2. The molecule has 0 aliphatic rings. The highest BCUT2D eigenvalue weighted by molar-refractivity contribution is 5.79. The molecule has 0 fully saturated rings. The maximum Gasteiger partial charge on any atom is 0.306 e. The van der Waals surface area contributed by atoms with Gasteiger partial charge in [-0.3, -0.25) is 14.4 Å². The first-order chi connectivity index (χ1) is 12.1. The molecule has 158 valence electrons. The number of aliphatic hydroxyl groups excluding tert-OH is 1. The fourth-order valence-electron chi connectivity index (χ4n) is 2.14. The van der Waals surface area contributed by atoms with Crippen molar-refractivity contribution in [2.45, 2.75) is 97.7 Å². The number of aliphatic hydroxyl groups is 2. The molecular formula is C19H35NO7. The van der Waals surface area contributed by atoms with Gasteiger partial charge < -0.3 is 25.0 Å².